The van der Waals surface area contributed by atoms with Gasteiger partial charge in [-0.1, -0.05) is 19.8 Å². The van der Waals surface area contributed by atoms with E-state index in [9.17, 15) is 4.79 Å². The van der Waals surface area contributed by atoms with Gasteiger partial charge < -0.3 is 10.5 Å². The normalized spacial score (nSPS) is 26.0. The van der Waals surface area contributed by atoms with Crippen molar-refractivity contribution in [3.05, 3.63) is 0 Å². The molecule has 0 spiro atoms. The van der Waals surface area contributed by atoms with Crippen LogP contribution < -0.4 is 5.73 Å². The van der Waals surface area contributed by atoms with Gasteiger partial charge in [0.25, 0.3) is 0 Å². The minimum Gasteiger partial charge on any atom is -0.468 e. The molecule has 100 valence electrons. The van der Waals surface area contributed by atoms with Crippen LogP contribution in [0.5, 0.6) is 0 Å². The smallest absolute Gasteiger partial charge is 0.326 e. The average Bonchev–Trinajstić information content (AvgIpc) is 2.52. The van der Waals surface area contributed by atoms with E-state index in [1.54, 1.807) is 6.92 Å². The maximum atomic E-state index is 11.6. The Kier molecular flexibility index (Phi) is 5.40. The first-order valence-electron chi connectivity index (χ1n) is 6.62. The summed E-state index contributed by atoms with van der Waals surface area (Å²) >= 11 is 0. The van der Waals surface area contributed by atoms with E-state index < -0.39 is 5.54 Å². The lowest BCUT2D eigenvalue weighted by Crippen LogP contribution is -2.56. The molecule has 1 fully saturated rings. The second-order valence-corrected chi connectivity index (χ2v) is 5.29. The molecule has 1 saturated heterocycles. The van der Waals surface area contributed by atoms with Gasteiger partial charge in [0.05, 0.1) is 7.11 Å². The predicted octanol–water partition coefficient (Wildman–Crippen LogP) is 1.53. The lowest BCUT2D eigenvalue weighted by molar-refractivity contribution is -0.147. The molecule has 0 aliphatic carbocycles. The molecule has 0 amide bonds. The summed E-state index contributed by atoms with van der Waals surface area (Å²) in [5.74, 6) is -0.323. The highest BCUT2D eigenvalue weighted by atomic mass is 16.5. The van der Waals surface area contributed by atoms with Crippen LogP contribution in [0.4, 0.5) is 0 Å². The molecule has 0 aromatic heterocycles. The number of carbonyl (C=O) groups is 1. The van der Waals surface area contributed by atoms with Crippen LogP contribution in [0.1, 0.15) is 46.0 Å². The van der Waals surface area contributed by atoms with Gasteiger partial charge in [-0.25, -0.2) is 0 Å². The number of ether oxygens (including phenoxy) is 1. The van der Waals surface area contributed by atoms with Crippen LogP contribution in [-0.4, -0.2) is 42.6 Å². The molecule has 4 nitrogen and oxygen atoms in total. The molecule has 2 unspecified atom stereocenters. The van der Waals surface area contributed by atoms with E-state index in [0.29, 0.717) is 12.6 Å². The Hall–Kier alpha value is -0.610. The van der Waals surface area contributed by atoms with Crippen LogP contribution in [0, 0.1) is 0 Å². The molecular formula is C13H26N2O2. The van der Waals surface area contributed by atoms with Gasteiger partial charge in [-0.2, -0.15) is 0 Å². The first-order valence-corrected chi connectivity index (χ1v) is 6.62. The topological polar surface area (TPSA) is 55.6 Å². The van der Waals surface area contributed by atoms with Crippen LogP contribution in [0.3, 0.4) is 0 Å². The molecule has 17 heavy (non-hydrogen) atoms. The molecule has 2 N–H and O–H groups in total. The van der Waals surface area contributed by atoms with Crippen molar-refractivity contribution in [1.82, 2.24) is 4.90 Å². The van der Waals surface area contributed by atoms with Gasteiger partial charge in [0.1, 0.15) is 5.54 Å². The fraction of sp³-hybridized carbons (Fsp3) is 0.923. The molecular weight excluding hydrogens is 216 g/mol. The Bertz CT molecular complexity index is 254. The second kappa shape index (κ2) is 6.36. The molecule has 0 aromatic rings. The second-order valence-electron chi connectivity index (χ2n) is 5.29. The summed E-state index contributed by atoms with van der Waals surface area (Å²) in [6, 6.07) is 0.560. The summed E-state index contributed by atoms with van der Waals surface area (Å²) in [4.78, 5) is 14.0. The monoisotopic (exact) mass is 242 g/mol. The number of nitrogens with zero attached hydrogens (tertiary/aromatic N) is 1. The zero-order chi connectivity index (χ0) is 12.9. The molecule has 1 aliphatic heterocycles. The Morgan fingerprint density at radius 1 is 1.47 bits per heavy atom. The number of nitrogens with two attached hydrogens (primary N) is 1. The van der Waals surface area contributed by atoms with Crippen molar-refractivity contribution in [2.24, 2.45) is 5.73 Å². The molecule has 0 aromatic carbocycles. The minimum absolute atomic E-state index is 0.323. The Morgan fingerprint density at radius 3 is 2.76 bits per heavy atom. The number of likely N-dealkylation sites (tertiary alicyclic amines) is 1. The average molecular weight is 242 g/mol. The lowest BCUT2D eigenvalue weighted by atomic mass is 10.0. The molecule has 1 aliphatic rings. The molecule has 0 radical (unpaired) electrons. The van der Waals surface area contributed by atoms with Crippen molar-refractivity contribution in [3.8, 4) is 0 Å². The summed E-state index contributed by atoms with van der Waals surface area (Å²) in [5, 5.41) is 0. The van der Waals surface area contributed by atoms with E-state index in [1.807, 2.05) is 0 Å². The fourth-order valence-corrected chi connectivity index (χ4v) is 2.63. The van der Waals surface area contributed by atoms with Gasteiger partial charge in [0.15, 0.2) is 0 Å². The zero-order valence-corrected chi connectivity index (χ0v) is 11.4. The number of esters is 1. The quantitative estimate of drug-likeness (QED) is 0.760. The number of hydrogen-bond donors (Lipinski definition) is 1. The summed E-state index contributed by atoms with van der Waals surface area (Å²) < 4.78 is 4.77. The predicted molar refractivity (Wildman–Crippen MR) is 68.7 cm³/mol. The van der Waals surface area contributed by atoms with Gasteiger partial charge in [-0.3, -0.25) is 9.69 Å². The standard InChI is InChI=1S/C13H26N2O2/c1-4-11-8-6-5-7-9-15(11)10-13(2,14)12(16)17-3/h11H,4-10,14H2,1-3H3. The molecule has 1 heterocycles. The van der Waals surface area contributed by atoms with Crippen molar-refractivity contribution in [2.45, 2.75) is 57.5 Å². The molecule has 0 bridgehead atoms. The first-order chi connectivity index (χ1) is 8.01. The van der Waals surface area contributed by atoms with Crippen molar-refractivity contribution in [2.75, 3.05) is 20.2 Å². The van der Waals surface area contributed by atoms with E-state index >= 15 is 0 Å². The lowest BCUT2D eigenvalue weighted by Gasteiger charge is -2.34. The number of methoxy groups -OCH3 is 1. The minimum atomic E-state index is -0.896. The number of hydrogen-bond acceptors (Lipinski definition) is 4. The van der Waals surface area contributed by atoms with Gasteiger partial charge >= 0.3 is 5.97 Å². The molecule has 4 heteroatoms. The first kappa shape index (κ1) is 14.5. The zero-order valence-electron chi connectivity index (χ0n) is 11.4. The summed E-state index contributed by atoms with van der Waals surface area (Å²) in [6.07, 6.45) is 6.11. The highest BCUT2D eigenvalue weighted by Gasteiger charge is 2.34. The van der Waals surface area contributed by atoms with E-state index in [-0.39, 0.29) is 5.97 Å². The Morgan fingerprint density at radius 2 is 2.18 bits per heavy atom. The number of carbonyl (C=O) groups excluding carboxylic acids is 1. The summed E-state index contributed by atoms with van der Waals surface area (Å²) in [7, 11) is 1.40. The van der Waals surface area contributed by atoms with Gasteiger partial charge in [0, 0.05) is 12.6 Å². The van der Waals surface area contributed by atoms with Crippen molar-refractivity contribution >= 4 is 5.97 Å². The largest absolute Gasteiger partial charge is 0.468 e. The van der Waals surface area contributed by atoms with Crippen molar-refractivity contribution in [1.29, 1.82) is 0 Å². The van der Waals surface area contributed by atoms with Crippen LogP contribution in [0.2, 0.25) is 0 Å². The van der Waals surface area contributed by atoms with E-state index in [1.165, 1.54) is 32.8 Å². The van der Waals surface area contributed by atoms with Gasteiger partial charge in [-0.15, -0.1) is 0 Å². The third-order valence-corrected chi connectivity index (χ3v) is 3.65. The van der Waals surface area contributed by atoms with E-state index in [2.05, 4.69) is 11.8 Å². The number of rotatable bonds is 4. The molecule has 1 rings (SSSR count). The van der Waals surface area contributed by atoms with Crippen LogP contribution in [0.25, 0.3) is 0 Å². The fourth-order valence-electron chi connectivity index (χ4n) is 2.63. The van der Waals surface area contributed by atoms with Gasteiger partial charge in [-0.05, 0) is 32.7 Å². The van der Waals surface area contributed by atoms with Crippen LogP contribution >= 0.6 is 0 Å². The molecule has 0 saturated carbocycles. The SMILES string of the molecule is CCC1CCCCCN1CC(C)(N)C(=O)OC. The maximum Gasteiger partial charge on any atom is 0.326 e. The molecule has 2 atom stereocenters. The highest BCUT2D eigenvalue weighted by molar-refractivity contribution is 5.80. The van der Waals surface area contributed by atoms with Crippen LogP contribution in [-0.2, 0) is 9.53 Å². The van der Waals surface area contributed by atoms with Gasteiger partial charge in [0.2, 0.25) is 0 Å². The van der Waals surface area contributed by atoms with Crippen LogP contribution in [0.15, 0.2) is 0 Å². The maximum absolute atomic E-state index is 11.6. The third kappa shape index (κ3) is 3.96. The summed E-state index contributed by atoms with van der Waals surface area (Å²) in [5.41, 5.74) is 5.16. The highest BCUT2D eigenvalue weighted by Crippen LogP contribution is 2.21. The van der Waals surface area contributed by atoms with E-state index in [0.717, 1.165) is 13.0 Å². The Balaban J connectivity index is 2.65. The van der Waals surface area contributed by atoms with Crippen molar-refractivity contribution < 1.29 is 9.53 Å². The summed E-state index contributed by atoms with van der Waals surface area (Å²) in [6.45, 7) is 5.60. The van der Waals surface area contributed by atoms with Crippen molar-refractivity contribution in [3.63, 3.8) is 0 Å². The Labute approximate surface area is 104 Å². The third-order valence-electron chi connectivity index (χ3n) is 3.65. The van der Waals surface area contributed by atoms with E-state index in [4.69, 9.17) is 10.5 Å².